The second-order valence-corrected chi connectivity index (χ2v) is 5.51. The number of esters is 1. The molecule has 8 heteroatoms. The number of halogens is 2. The molecule has 0 radical (unpaired) electrons. The standard InChI is InChI=1S/C12H11Br2NO5/c1-20-12(19)7-4-6(13)5-8(14)11(7)15-9(16)2-3-10(17)18/h4-5H,2-3H2,1H3,(H,15,16)(H,17,18). The third-order valence-electron chi connectivity index (χ3n) is 2.29. The van der Waals surface area contributed by atoms with Crippen molar-refractivity contribution in [1.82, 2.24) is 0 Å². The first-order valence-corrected chi connectivity index (χ1v) is 7.02. The third kappa shape index (κ3) is 4.61. The summed E-state index contributed by atoms with van der Waals surface area (Å²) in [6, 6.07) is 3.16. The molecule has 0 unspecified atom stereocenters. The maximum atomic E-state index is 11.7. The largest absolute Gasteiger partial charge is 0.481 e. The zero-order valence-electron chi connectivity index (χ0n) is 10.4. The van der Waals surface area contributed by atoms with E-state index in [1.54, 1.807) is 6.07 Å². The summed E-state index contributed by atoms with van der Waals surface area (Å²) >= 11 is 6.47. The second kappa shape index (κ2) is 7.39. The number of nitrogens with one attached hydrogen (secondary N) is 1. The van der Waals surface area contributed by atoms with Crippen LogP contribution < -0.4 is 5.32 Å². The number of amides is 1. The van der Waals surface area contributed by atoms with Crippen LogP contribution in [0.4, 0.5) is 5.69 Å². The van der Waals surface area contributed by atoms with Crippen molar-refractivity contribution in [3.8, 4) is 0 Å². The van der Waals surface area contributed by atoms with E-state index in [4.69, 9.17) is 5.11 Å². The van der Waals surface area contributed by atoms with Crippen LogP contribution in [0.15, 0.2) is 21.1 Å². The molecule has 20 heavy (non-hydrogen) atoms. The van der Waals surface area contributed by atoms with Crippen molar-refractivity contribution in [3.63, 3.8) is 0 Å². The molecular weight excluding hydrogens is 398 g/mol. The molecule has 0 aliphatic heterocycles. The lowest BCUT2D eigenvalue weighted by Gasteiger charge is -2.12. The quantitative estimate of drug-likeness (QED) is 0.730. The van der Waals surface area contributed by atoms with Crippen molar-refractivity contribution in [2.24, 2.45) is 0 Å². The minimum atomic E-state index is -1.07. The molecule has 0 bridgehead atoms. The highest BCUT2D eigenvalue weighted by molar-refractivity contribution is 9.11. The smallest absolute Gasteiger partial charge is 0.340 e. The van der Waals surface area contributed by atoms with Crippen LogP contribution in [0.3, 0.4) is 0 Å². The summed E-state index contributed by atoms with van der Waals surface area (Å²) in [5.74, 6) is -2.18. The Labute approximate surface area is 131 Å². The summed E-state index contributed by atoms with van der Waals surface area (Å²) in [4.78, 5) is 33.8. The molecule has 108 valence electrons. The fourth-order valence-electron chi connectivity index (χ4n) is 1.39. The third-order valence-corrected chi connectivity index (χ3v) is 3.37. The fourth-order valence-corrected chi connectivity index (χ4v) is 2.72. The number of aliphatic carboxylic acids is 1. The zero-order valence-corrected chi connectivity index (χ0v) is 13.6. The Hall–Kier alpha value is -1.41. The fraction of sp³-hybridized carbons (Fsp3) is 0.250. The number of carbonyl (C=O) groups excluding carboxylic acids is 2. The lowest BCUT2D eigenvalue weighted by atomic mass is 10.1. The molecule has 0 aliphatic rings. The second-order valence-electron chi connectivity index (χ2n) is 3.74. The molecule has 0 saturated heterocycles. The lowest BCUT2D eigenvalue weighted by molar-refractivity contribution is -0.138. The van der Waals surface area contributed by atoms with Crippen LogP contribution in [0, 0.1) is 0 Å². The van der Waals surface area contributed by atoms with E-state index in [1.807, 2.05) is 0 Å². The Balaban J connectivity index is 3.01. The van der Waals surface area contributed by atoms with E-state index < -0.39 is 17.8 Å². The van der Waals surface area contributed by atoms with Crippen molar-refractivity contribution in [3.05, 3.63) is 26.6 Å². The van der Waals surface area contributed by atoms with Crippen molar-refractivity contribution in [2.45, 2.75) is 12.8 Å². The van der Waals surface area contributed by atoms with Gasteiger partial charge in [-0.05, 0) is 28.1 Å². The predicted octanol–water partition coefficient (Wildman–Crippen LogP) is 2.80. The maximum Gasteiger partial charge on any atom is 0.340 e. The van der Waals surface area contributed by atoms with Gasteiger partial charge in [-0.1, -0.05) is 15.9 Å². The summed E-state index contributed by atoms with van der Waals surface area (Å²) in [6.45, 7) is 0. The molecular formula is C12H11Br2NO5. The maximum absolute atomic E-state index is 11.7. The first-order chi connectivity index (χ1) is 9.35. The number of ether oxygens (including phenoxy) is 1. The summed E-state index contributed by atoms with van der Waals surface area (Å²) in [7, 11) is 1.23. The van der Waals surface area contributed by atoms with Crippen LogP contribution in [0.25, 0.3) is 0 Å². The molecule has 0 aromatic heterocycles. The Kier molecular flexibility index (Phi) is 6.15. The van der Waals surface area contributed by atoms with E-state index in [2.05, 4.69) is 41.9 Å². The van der Waals surface area contributed by atoms with Gasteiger partial charge < -0.3 is 15.2 Å². The number of rotatable bonds is 5. The highest BCUT2D eigenvalue weighted by atomic mass is 79.9. The van der Waals surface area contributed by atoms with E-state index in [0.717, 1.165) is 0 Å². The van der Waals surface area contributed by atoms with Crippen LogP contribution in [0.1, 0.15) is 23.2 Å². The number of carboxylic acids is 1. The molecule has 1 aromatic rings. The molecule has 6 nitrogen and oxygen atoms in total. The van der Waals surface area contributed by atoms with Crippen molar-refractivity contribution >= 4 is 55.4 Å². The first-order valence-electron chi connectivity index (χ1n) is 5.44. The lowest BCUT2D eigenvalue weighted by Crippen LogP contribution is -2.16. The summed E-state index contributed by atoms with van der Waals surface area (Å²) in [5.41, 5.74) is 0.410. The van der Waals surface area contributed by atoms with Gasteiger partial charge in [-0.2, -0.15) is 0 Å². The molecule has 0 fully saturated rings. The van der Waals surface area contributed by atoms with E-state index in [1.165, 1.54) is 13.2 Å². The van der Waals surface area contributed by atoms with E-state index in [-0.39, 0.29) is 24.1 Å². The van der Waals surface area contributed by atoms with Gasteiger partial charge >= 0.3 is 11.9 Å². The molecule has 2 N–H and O–H groups in total. The SMILES string of the molecule is COC(=O)c1cc(Br)cc(Br)c1NC(=O)CCC(=O)O. The van der Waals surface area contributed by atoms with Gasteiger partial charge in [0.25, 0.3) is 0 Å². The minimum absolute atomic E-state index is 0.164. The molecule has 0 heterocycles. The minimum Gasteiger partial charge on any atom is -0.481 e. The monoisotopic (exact) mass is 407 g/mol. The average Bonchev–Trinajstić information content (AvgIpc) is 2.38. The van der Waals surface area contributed by atoms with Crippen molar-refractivity contribution in [1.29, 1.82) is 0 Å². The van der Waals surface area contributed by atoms with E-state index in [9.17, 15) is 14.4 Å². The van der Waals surface area contributed by atoms with Gasteiger partial charge in [-0.25, -0.2) is 4.79 Å². The number of anilines is 1. The number of hydrogen-bond acceptors (Lipinski definition) is 4. The Morgan fingerprint density at radius 1 is 1.25 bits per heavy atom. The highest BCUT2D eigenvalue weighted by Crippen LogP contribution is 2.31. The molecule has 1 aromatic carbocycles. The zero-order chi connectivity index (χ0) is 15.3. The van der Waals surface area contributed by atoms with E-state index in [0.29, 0.717) is 8.95 Å². The van der Waals surface area contributed by atoms with Crippen LogP contribution in [-0.2, 0) is 14.3 Å². The van der Waals surface area contributed by atoms with Gasteiger partial charge in [0.05, 0.1) is 24.8 Å². The van der Waals surface area contributed by atoms with Crippen LogP contribution in [-0.4, -0.2) is 30.1 Å². The summed E-state index contributed by atoms with van der Waals surface area (Å²) in [5, 5.41) is 11.0. The predicted molar refractivity (Wildman–Crippen MR) is 78.7 cm³/mol. The average molecular weight is 409 g/mol. The number of hydrogen-bond donors (Lipinski definition) is 2. The molecule has 0 spiro atoms. The topological polar surface area (TPSA) is 92.7 Å². The van der Waals surface area contributed by atoms with Crippen molar-refractivity contribution < 1.29 is 24.2 Å². The van der Waals surface area contributed by atoms with Gasteiger partial charge in [-0.3, -0.25) is 9.59 Å². The van der Waals surface area contributed by atoms with E-state index >= 15 is 0 Å². The van der Waals surface area contributed by atoms with Crippen LogP contribution >= 0.6 is 31.9 Å². The highest BCUT2D eigenvalue weighted by Gasteiger charge is 2.18. The Morgan fingerprint density at radius 3 is 2.45 bits per heavy atom. The normalized spacial score (nSPS) is 9.95. The number of carbonyl (C=O) groups is 3. The first kappa shape index (κ1) is 16.6. The van der Waals surface area contributed by atoms with Gasteiger partial charge in [0.1, 0.15) is 0 Å². The molecule has 1 rings (SSSR count). The molecule has 0 aliphatic carbocycles. The number of benzene rings is 1. The number of carboxylic acid groups (broad SMARTS) is 1. The number of methoxy groups -OCH3 is 1. The molecule has 0 atom stereocenters. The Morgan fingerprint density at radius 2 is 1.90 bits per heavy atom. The van der Waals surface area contributed by atoms with Gasteiger partial charge in [0.2, 0.25) is 5.91 Å². The Bertz CT molecular complexity index is 559. The molecule has 1 amide bonds. The van der Waals surface area contributed by atoms with Crippen LogP contribution in [0.2, 0.25) is 0 Å². The van der Waals surface area contributed by atoms with Gasteiger partial charge in [0, 0.05) is 15.4 Å². The summed E-state index contributed by atoms with van der Waals surface area (Å²) < 4.78 is 5.76. The van der Waals surface area contributed by atoms with Crippen molar-refractivity contribution in [2.75, 3.05) is 12.4 Å². The van der Waals surface area contributed by atoms with Gasteiger partial charge in [0.15, 0.2) is 0 Å². The summed E-state index contributed by atoms with van der Waals surface area (Å²) in [6.07, 6.45) is -0.466. The molecule has 0 saturated carbocycles. The van der Waals surface area contributed by atoms with Crippen LogP contribution in [0.5, 0.6) is 0 Å². The van der Waals surface area contributed by atoms with Gasteiger partial charge in [-0.15, -0.1) is 0 Å².